The molecule has 136 valence electrons. The zero-order valence-electron chi connectivity index (χ0n) is 13.8. The first kappa shape index (κ1) is 21.6. The van der Waals surface area contributed by atoms with Gasteiger partial charge in [0.25, 0.3) is 0 Å². The number of phenols is 1. The summed E-state index contributed by atoms with van der Waals surface area (Å²) >= 11 is 3.39. The van der Waals surface area contributed by atoms with Gasteiger partial charge in [0.05, 0.1) is 30.4 Å². The molecule has 0 aliphatic heterocycles. The average Bonchev–Trinajstić information content (AvgIpc) is 3.09. The molecule has 0 amide bonds. The van der Waals surface area contributed by atoms with Gasteiger partial charge in [-0.3, -0.25) is 10.5 Å². The SMILES string of the molecule is Cc1ccc2sc(C)nc2c1.Cc1nc2cc(O)ccc2s1.OO.[Pd]. The maximum Gasteiger partial charge on any atom is 0.117 e. The molecule has 0 bridgehead atoms. The van der Waals surface area contributed by atoms with Crippen LogP contribution in [0.15, 0.2) is 36.4 Å². The molecule has 0 aliphatic carbocycles. The molecule has 0 atom stereocenters. The van der Waals surface area contributed by atoms with E-state index in [0.29, 0.717) is 0 Å². The Hall–Kier alpha value is -1.40. The number of aryl methyl sites for hydroxylation is 3. The molecule has 3 N–H and O–H groups in total. The minimum absolute atomic E-state index is 0. The quantitative estimate of drug-likeness (QED) is 0.187. The number of thiazole rings is 2. The molecule has 2 aromatic carbocycles. The molecule has 0 saturated carbocycles. The number of rotatable bonds is 0. The van der Waals surface area contributed by atoms with E-state index < -0.39 is 0 Å². The Morgan fingerprint density at radius 1 is 0.760 bits per heavy atom. The fourth-order valence-electron chi connectivity index (χ4n) is 2.18. The van der Waals surface area contributed by atoms with Gasteiger partial charge in [0.1, 0.15) is 5.75 Å². The van der Waals surface area contributed by atoms with Crippen LogP contribution in [0.4, 0.5) is 0 Å². The molecular formula is C17H18N2O3PdS2. The number of hydrogen-bond donors (Lipinski definition) is 3. The number of phenolic OH excluding ortho intramolecular Hbond substituents is 1. The molecule has 0 aliphatic rings. The Balaban J connectivity index is 0.000000220. The summed E-state index contributed by atoms with van der Waals surface area (Å²) in [5.74, 6) is 0.280. The van der Waals surface area contributed by atoms with Gasteiger partial charge in [0.2, 0.25) is 0 Å². The summed E-state index contributed by atoms with van der Waals surface area (Å²) in [6.45, 7) is 6.09. The second kappa shape index (κ2) is 9.92. The van der Waals surface area contributed by atoms with Crippen LogP contribution in [-0.2, 0) is 20.4 Å². The largest absolute Gasteiger partial charge is 0.508 e. The predicted molar refractivity (Wildman–Crippen MR) is 100 cm³/mol. The minimum Gasteiger partial charge on any atom is -0.508 e. The third-order valence-corrected chi connectivity index (χ3v) is 5.03. The third kappa shape index (κ3) is 5.82. The molecule has 4 aromatic rings. The molecule has 8 heteroatoms. The van der Waals surface area contributed by atoms with Crippen molar-refractivity contribution in [1.29, 1.82) is 0 Å². The molecule has 2 heterocycles. The van der Waals surface area contributed by atoms with Gasteiger partial charge in [-0.1, -0.05) is 6.07 Å². The zero-order chi connectivity index (χ0) is 17.7. The van der Waals surface area contributed by atoms with Gasteiger partial charge in [0, 0.05) is 26.5 Å². The Kier molecular flexibility index (Phi) is 8.59. The number of aromatic hydroxyl groups is 1. The van der Waals surface area contributed by atoms with Crippen LogP contribution in [0.2, 0.25) is 0 Å². The molecule has 25 heavy (non-hydrogen) atoms. The van der Waals surface area contributed by atoms with Crippen LogP contribution >= 0.6 is 22.7 Å². The van der Waals surface area contributed by atoms with Crippen LogP contribution in [-0.4, -0.2) is 25.6 Å². The van der Waals surface area contributed by atoms with Crippen molar-refractivity contribution in [3.05, 3.63) is 52.0 Å². The van der Waals surface area contributed by atoms with Crippen molar-refractivity contribution in [3.63, 3.8) is 0 Å². The van der Waals surface area contributed by atoms with Crippen molar-refractivity contribution in [2.75, 3.05) is 0 Å². The Morgan fingerprint density at radius 3 is 1.80 bits per heavy atom. The third-order valence-electron chi connectivity index (χ3n) is 3.13. The van der Waals surface area contributed by atoms with Crippen molar-refractivity contribution in [1.82, 2.24) is 9.97 Å². The van der Waals surface area contributed by atoms with Crippen molar-refractivity contribution < 1.29 is 36.0 Å². The smallest absolute Gasteiger partial charge is 0.117 e. The van der Waals surface area contributed by atoms with Crippen LogP contribution in [0.5, 0.6) is 5.75 Å². The van der Waals surface area contributed by atoms with Gasteiger partial charge in [-0.2, -0.15) is 0 Å². The maximum atomic E-state index is 9.10. The molecule has 4 rings (SSSR count). The van der Waals surface area contributed by atoms with Gasteiger partial charge >= 0.3 is 0 Å². The maximum absolute atomic E-state index is 9.10. The standard InChI is InChI=1S/C9H9NS.C8H7NOS.H2O2.Pd/c1-6-3-4-9-8(5-6)10-7(2)11-9;1-5-9-7-4-6(10)2-3-8(7)11-5;1-2;/h3-5H,1-2H3;2-4,10H,1H3;1-2H;. The number of benzene rings is 2. The second-order valence-corrected chi connectivity index (χ2v) is 7.56. The molecule has 0 fully saturated rings. The summed E-state index contributed by atoms with van der Waals surface area (Å²) in [5, 5.41) is 23.3. The second-order valence-electron chi connectivity index (χ2n) is 5.09. The van der Waals surface area contributed by atoms with Crippen LogP contribution in [0.3, 0.4) is 0 Å². The molecule has 0 spiro atoms. The first-order valence-corrected chi connectivity index (χ1v) is 8.74. The molecule has 0 unspecified atom stereocenters. The van der Waals surface area contributed by atoms with E-state index in [-0.39, 0.29) is 26.2 Å². The van der Waals surface area contributed by atoms with E-state index in [1.807, 2.05) is 19.9 Å². The topological polar surface area (TPSA) is 86.5 Å². The van der Waals surface area contributed by atoms with Crippen molar-refractivity contribution in [3.8, 4) is 5.75 Å². The fraction of sp³-hybridized carbons (Fsp3) is 0.176. The van der Waals surface area contributed by atoms with Gasteiger partial charge in [0.15, 0.2) is 0 Å². The van der Waals surface area contributed by atoms with E-state index in [2.05, 4.69) is 35.1 Å². The first-order valence-electron chi connectivity index (χ1n) is 7.11. The van der Waals surface area contributed by atoms with E-state index in [1.165, 1.54) is 10.3 Å². The summed E-state index contributed by atoms with van der Waals surface area (Å²) in [7, 11) is 0. The van der Waals surface area contributed by atoms with E-state index >= 15 is 0 Å². The molecular weight excluding hydrogens is 451 g/mol. The zero-order valence-corrected chi connectivity index (χ0v) is 17.0. The van der Waals surface area contributed by atoms with Crippen molar-refractivity contribution in [2.24, 2.45) is 0 Å². The van der Waals surface area contributed by atoms with Crippen LogP contribution < -0.4 is 0 Å². The summed E-state index contributed by atoms with van der Waals surface area (Å²) in [5.41, 5.74) is 3.29. The van der Waals surface area contributed by atoms with Crippen molar-refractivity contribution in [2.45, 2.75) is 20.8 Å². The van der Waals surface area contributed by atoms with Gasteiger partial charge in [-0.25, -0.2) is 9.97 Å². The molecule has 0 radical (unpaired) electrons. The monoisotopic (exact) mass is 468 g/mol. The molecule has 5 nitrogen and oxygen atoms in total. The minimum atomic E-state index is 0. The Labute approximate surface area is 167 Å². The molecule has 0 saturated heterocycles. The van der Waals surface area contributed by atoms with Gasteiger partial charge in [-0.05, 0) is 50.6 Å². The Morgan fingerprint density at radius 2 is 1.24 bits per heavy atom. The Bertz CT molecular complexity index is 876. The normalized spacial score (nSPS) is 9.64. The number of hydrogen-bond acceptors (Lipinski definition) is 7. The number of aromatic nitrogens is 2. The van der Waals surface area contributed by atoms with E-state index in [4.69, 9.17) is 15.6 Å². The molecule has 2 aromatic heterocycles. The summed E-state index contributed by atoms with van der Waals surface area (Å²) in [4.78, 5) is 8.62. The first-order chi connectivity index (χ1) is 11.5. The predicted octanol–water partition coefficient (Wildman–Crippen LogP) is 5.24. The summed E-state index contributed by atoms with van der Waals surface area (Å²) < 4.78 is 2.41. The van der Waals surface area contributed by atoms with Crippen LogP contribution in [0.1, 0.15) is 15.6 Å². The summed E-state index contributed by atoms with van der Waals surface area (Å²) in [6.07, 6.45) is 0. The number of fused-ring (bicyclic) bond motifs is 2. The van der Waals surface area contributed by atoms with E-state index in [0.717, 1.165) is 25.7 Å². The van der Waals surface area contributed by atoms with E-state index in [1.54, 1.807) is 34.8 Å². The summed E-state index contributed by atoms with van der Waals surface area (Å²) in [6, 6.07) is 11.6. The van der Waals surface area contributed by atoms with Crippen molar-refractivity contribution >= 4 is 43.1 Å². The van der Waals surface area contributed by atoms with Gasteiger partial charge in [-0.15, -0.1) is 22.7 Å². The van der Waals surface area contributed by atoms with Crippen LogP contribution in [0.25, 0.3) is 20.4 Å². The van der Waals surface area contributed by atoms with Crippen LogP contribution in [0, 0.1) is 20.8 Å². The number of nitrogens with zero attached hydrogens (tertiary/aromatic N) is 2. The van der Waals surface area contributed by atoms with E-state index in [9.17, 15) is 0 Å². The fourth-order valence-corrected chi connectivity index (χ4v) is 3.80. The van der Waals surface area contributed by atoms with Gasteiger partial charge < -0.3 is 5.11 Å². The average molecular weight is 469 g/mol.